The van der Waals surface area contributed by atoms with Crippen molar-refractivity contribution in [1.29, 1.82) is 0 Å². The van der Waals surface area contributed by atoms with Crippen molar-refractivity contribution in [3.63, 3.8) is 0 Å². The van der Waals surface area contributed by atoms with E-state index in [2.05, 4.69) is 0 Å². The highest BCUT2D eigenvalue weighted by atomic mass is 16.3. The molecule has 1 aliphatic rings. The van der Waals surface area contributed by atoms with E-state index in [9.17, 15) is 4.79 Å². The van der Waals surface area contributed by atoms with Crippen molar-refractivity contribution in [3.8, 4) is 0 Å². The molecule has 0 radical (unpaired) electrons. The van der Waals surface area contributed by atoms with Gasteiger partial charge in [0.05, 0.1) is 0 Å². The summed E-state index contributed by atoms with van der Waals surface area (Å²) in [6.07, 6.45) is 1.83. The maximum absolute atomic E-state index is 10.7. The van der Waals surface area contributed by atoms with E-state index in [0.29, 0.717) is 5.91 Å². The van der Waals surface area contributed by atoms with Crippen molar-refractivity contribution in [3.05, 3.63) is 0 Å². The summed E-state index contributed by atoms with van der Waals surface area (Å²) in [6, 6.07) is 0. The van der Waals surface area contributed by atoms with Gasteiger partial charge in [-0.25, -0.2) is 0 Å². The van der Waals surface area contributed by atoms with Gasteiger partial charge in [0.15, 0.2) is 0 Å². The molecule has 0 aliphatic carbocycles. The summed E-state index contributed by atoms with van der Waals surface area (Å²) in [5.41, 5.74) is 0. The van der Waals surface area contributed by atoms with Crippen LogP contribution in [0.2, 0.25) is 0 Å². The fraction of sp³-hybridized carbons (Fsp3) is 0.714. The minimum Gasteiger partial charge on any atom is -0.483 e. The Morgan fingerprint density at radius 3 is 2.45 bits per heavy atom. The van der Waals surface area contributed by atoms with Crippen molar-refractivity contribution in [1.82, 2.24) is 4.90 Å². The van der Waals surface area contributed by atoms with E-state index < -0.39 is 0 Å². The smallest absolute Gasteiger partial charge is 0.290 e. The first kappa shape index (κ1) is 9.94. The highest BCUT2D eigenvalue weighted by Gasteiger charge is 2.16. The van der Waals surface area contributed by atoms with Gasteiger partial charge in [0.25, 0.3) is 6.47 Å². The fourth-order valence-corrected chi connectivity index (χ4v) is 1.04. The molecule has 0 spiro atoms. The summed E-state index contributed by atoms with van der Waals surface area (Å²) in [5, 5.41) is 6.89. The summed E-state index contributed by atoms with van der Waals surface area (Å²) < 4.78 is 0. The molecule has 11 heavy (non-hydrogen) atoms. The Morgan fingerprint density at radius 1 is 1.73 bits per heavy atom. The molecule has 1 heterocycles. The Kier molecular flexibility index (Phi) is 5.15. The van der Waals surface area contributed by atoms with Gasteiger partial charge < -0.3 is 10.0 Å². The third kappa shape index (κ3) is 3.60. The zero-order valence-corrected chi connectivity index (χ0v) is 6.62. The Morgan fingerprint density at radius 2 is 2.27 bits per heavy atom. The first-order valence-electron chi connectivity index (χ1n) is 3.61. The van der Waals surface area contributed by atoms with Crippen molar-refractivity contribution in [2.24, 2.45) is 0 Å². The fourth-order valence-electron chi connectivity index (χ4n) is 1.04. The zero-order chi connectivity index (χ0) is 8.69. The van der Waals surface area contributed by atoms with Gasteiger partial charge >= 0.3 is 0 Å². The number of carbonyl (C=O) groups is 2. The molecule has 1 amide bonds. The molecule has 64 valence electrons. The summed E-state index contributed by atoms with van der Waals surface area (Å²) in [7, 11) is 0. The summed E-state index contributed by atoms with van der Waals surface area (Å²) in [5.74, 6) is 0.326. The average molecular weight is 159 g/mol. The predicted octanol–water partition coefficient (Wildman–Crippen LogP) is 0.329. The maximum Gasteiger partial charge on any atom is 0.290 e. The Balaban J connectivity index is 0.000000292. The molecule has 0 aromatic carbocycles. The van der Waals surface area contributed by atoms with Crippen LogP contribution in [0, 0.1) is 0 Å². The van der Waals surface area contributed by atoms with Crippen LogP contribution in [0.5, 0.6) is 0 Å². The molecule has 0 aromatic heterocycles. The molecule has 0 aromatic rings. The summed E-state index contributed by atoms with van der Waals surface area (Å²) in [4.78, 5) is 21.0. The van der Waals surface area contributed by atoms with E-state index in [1.165, 1.54) is 0 Å². The van der Waals surface area contributed by atoms with Crippen LogP contribution in [-0.4, -0.2) is 35.5 Å². The Bertz CT molecular complexity index is 136. The number of amides is 1. The van der Waals surface area contributed by atoms with Crippen molar-refractivity contribution in [2.75, 3.05) is 13.1 Å². The number of rotatable bonds is 1. The normalized spacial score (nSPS) is 15.7. The number of hydrogen-bond donors (Lipinski definition) is 1. The van der Waals surface area contributed by atoms with Crippen LogP contribution < -0.4 is 0 Å². The van der Waals surface area contributed by atoms with Crippen molar-refractivity contribution >= 4 is 12.4 Å². The van der Waals surface area contributed by atoms with E-state index in [1.807, 2.05) is 11.8 Å². The first-order valence-corrected chi connectivity index (χ1v) is 3.61. The molecule has 0 bridgehead atoms. The maximum atomic E-state index is 10.7. The van der Waals surface area contributed by atoms with E-state index in [4.69, 9.17) is 9.90 Å². The second kappa shape index (κ2) is 5.70. The van der Waals surface area contributed by atoms with E-state index in [-0.39, 0.29) is 6.47 Å². The van der Waals surface area contributed by atoms with Crippen LogP contribution in [0.25, 0.3) is 0 Å². The van der Waals surface area contributed by atoms with Crippen LogP contribution in [0.1, 0.15) is 19.8 Å². The number of nitrogens with zero attached hydrogens (tertiary/aromatic N) is 1. The largest absolute Gasteiger partial charge is 0.483 e. The Labute approximate surface area is 65.8 Å². The molecule has 4 nitrogen and oxygen atoms in total. The molecule has 4 heteroatoms. The van der Waals surface area contributed by atoms with Crippen LogP contribution >= 0.6 is 0 Å². The van der Waals surface area contributed by atoms with Crippen molar-refractivity contribution in [2.45, 2.75) is 19.8 Å². The number of carboxylic acid groups (broad SMARTS) is 1. The second-order valence-electron chi connectivity index (χ2n) is 2.18. The third-order valence-electron chi connectivity index (χ3n) is 1.55. The molecule has 1 saturated heterocycles. The molecule has 1 fully saturated rings. The SMILES string of the molecule is CCN1CCCC1=O.O=CO. The predicted molar refractivity (Wildman–Crippen MR) is 40.2 cm³/mol. The van der Waals surface area contributed by atoms with E-state index in [1.54, 1.807) is 0 Å². The van der Waals surface area contributed by atoms with Gasteiger partial charge in [0, 0.05) is 19.5 Å². The first-order chi connectivity index (χ1) is 5.26. The van der Waals surface area contributed by atoms with Crippen molar-refractivity contribution < 1.29 is 14.7 Å². The summed E-state index contributed by atoms with van der Waals surface area (Å²) >= 11 is 0. The minimum atomic E-state index is -0.250. The van der Waals surface area contributed by atoms with Gasteiger partial charge in [-0.05, 0) is 13.3 Å². The molecule has 1 N–H and O–H groups in total. The molecule has 1 rings (SSSR count). The van der Waals surface area contributed by atoms with E-state index >= 15 is 0 Å². The Hall–Kier alpha value is -1.06. The quantitative estimate of drug-likeness (QED) is 0.561. The summed E-state index contributed by atoms with van der Waals surface area (Å²) in [6.45, 7) is 3.64. The lowest BCUT2D eigenvalue weighted by Crippen LogP contribution is -2.23. The average Bonchev–Trinajstić information content (AvgIpc) is 2.36. The molecular formula is C7H13NO3. The standard InChI is InChI=1S/C6H11NO.CH2O2/c1-2-7-5-3-4-6(7)8;2-1-3/h2-5H2,1H3;1H,(H,2,3). The molecule has 1 aliphatic heterocycles. The number of carbonyl (C=O) groups excluding carboxylic acids is 1. The topological polar surface area (TPSA) is 57.6 Å². The lowest BCUT2D eigenvalue weighted by Gasteiger charge is -2.10. The van der Waals surface area contributed by atoms with Gasteiger partial charge in [0.1, 0.15) is 0 Å². The highest BCUT2D eigenvalue weighted by molar-refractivity contribution is 5.77. The van der Waals surface area contributed by atoms with Gasteiger partial charge in [-0.15, -0.1) is 0 Å². The molecule has 0 unspecified atom stereocenters. The molecule has 0 saturated carbocycles. The minimum absolute atomic E-state index is 0.250. The van der Waals surface area contributed by atoms with Gasteiger partial charge in [-0.2, -0.15) is 0 Å². The van der Waals surface area contributed by atoms with Crippen LogP contribution in [-0.2, 0) is 9.59 Å². The van der Waals surface area contributed by atoms with Crippen LogP contribution in [0.3, 0.4) is 0 Å². The van der Waals surface area contributed by atoms with Crippen LogP contribution in [0.4, 0.5) is 0 Å². The highest BCUT2D eigenvalue weighted by Crippen LogP contribution is 2.07. The zero-order valence-electron chi connectivity index (χ0n) is 6.62. The van der Waals surface area contributed by atoms with Gasteiger partial charge in [-0.1, -0.05) is 0 Å². The third-order valence-corrected chi connectivity index (χ3v) is 1.55. The van der Waals surface area contributed by atoms with Gasteiger partial charge in [0.2, 0.25) is 5.91 Å². The molecule has 0 atom stereocenters. The van der Waals surface area contributed by atoms with Gasteiger partial charge in [-0.3, -0.25) is 9.59 Å². The number of likely N-dealkylation sites (tertiary alicyclic amines) is 1. The number of hydrogen-bond acceptors (Lipinski definition) is 2. The van der Waals surface area contributed by atoms with E-state index in [0.717, 1.165) is 25.9 Å². The molecular weight excluding hydrogens is 146 g/mol. The van der Waals surface area contributed by atoms with Crippen LogP contribution in [0.15, 0.2) is 0 Å². The lowest BCUT2D eigenvalue weighted by atomic mass is 10.4. The second-order valence-corrected chi connectivity index (χ2v) is 2.18. The monoisotopic (exact) mass is 159 g/mol. The lowest BCUT2D eigenvalue weighted by molar-refractivity contribution is -0.127.